The summed E-state index contributed by atoms with van der Waals surface area (Å²) in [7, 11) is 0. The van der Waals surface area contributed by atoms with E-state index in [1.54, 1.807) is 0 Å². The molecule has 4 rings (SSSR count). The number of benzene rings is 1. The molecule has 0 bridgehead atoms. The Kier molecular flexibility index (Phi) is 3.97. The van der Waals surface area contributed by atoms with Crippen molar-refractivity contribution in [1.82, 2.24) is 15.3 Å². The number of hydrogen-bond acceptors (Lipinski definition) is 5. The molecule has 1 amide bonds. The summed E-state index contributed by atoms with van der Waals surface area (Å²) in [5.41, 5.74) is 10.6. The number of nitrogens with one attached hydrogen (secondary N) is 1. The zero-order valence-corrected chi connectivity index (χ0v) is 14.6. The number of carbonyl (C=O) groups excluding carboxylic acids is 1. The number of fused-ring (bicyclic) bond motifs is 1. The van der Waals surface area contributed by atoms with Gasteiger partial charge in [0.25, 0.3) is 5.91 Å². The van der Waals surface area contributed by atoms with Crippen molar-refractivity contribution in [3.05, 3.63) is 52.2 Å². The third-order valence-electron chi connectivity index (χ3n) is 4.30. The SMILES string of the molecule is Cc1ccc(C(=O)NC2CC2)cc1/C=C/c1csc2c(N)ncnc12. The molecule has 0 radical (unpaired) electrons. The number of thiophene rings is 1. The summed E-state index contributed by atoms with van der Waals surface area (Å²) in [6.07, 6.45) is 7.68. The lowest BCUT2D eigenvalue weighted by Gasteiger charge is -2.06. The highest BCUT2D eigenvalue weighted by molar-refractivity contribution is 7.18. The molecule has 0 saturated heterocycles. The van der Waals surface area contributed by atoms with Crippen LogP contribution in [0.5, 0.6) is 0 Å². The molecule has 0 spiro atoms. The molecule has 0 aliphatic heterocycles. The molecule has 6 heteroatoms. The highest BCUT2D eigenvalue weighted by atomic mass is 32.1. The summed E-state index contributed by atoms with van der Waals surface area (Å²) in [6.45, 7) is 2.04. The lowest BCUT2D eigenvalue weighted by molar-refractivity contribution is 0.0951. The molecule has 2 heterocycles. The number of nitrogen functional groups attached to an aromatic ring is 1. The Labute approximate surface area is 149 Å². The molecule has 25 heavy (non-hydrogen) atoms. The van der Waals surface area contributed by atoms with E-state index in [2.05, 4.69) is 15.3 Å². The molecule has 1 saturated carbocycles. The van der Waals surface area contributed by atoms with E-state index in [0.29, 0.717) is 17.4 Å². The Morgan fingerprint density at radius 1 is 1.28 bits per heavy atom. The number of amides is 1. The fraction of sp³-hybridized carbons (Fsp3) is 0.211. The van der Waals surface area contributed by atoms with Gasteiger partial charge in [0, 0.05) is 22.5 Å². The molecule has 3 N–H and O–H groups in total. The zero-order chi connectivity index (χ0) is 17.4. The number of hydrogen-bond donors (Lipinski definition) is 2. The average Bonchev–Trinajstić information content (AvgIpc) is 3.31. The van der Waals surface area contributed by atoms with Crippen LogP contribution in [0.3, 0.4) is 0 Å². The predicted molar refractivity (Wildman–Crippen MR) is 102 cm³/mol. The van der Waals surface area contributed by atoms with Gasteiger partial charge in [-0.2, -0.15) is 0 Å². The quantitative estimate of drug-likeness (QED) is 0.753. The standard InChI is InChI=1S/C19H18N4OS/c1-11-2-3-13(19(24)23-15-6-7-15)8-12(11)4-5-14-9-25-17-16(14)21-10-22-18(17)20/h2-5,8-10,15H,6-7H2,1H3,(H,23,24)(H2,20,21,22)/b5-4+. The Bertz CT molecular complexity index is 988. The van der Waals surface area contributed by atoms with E-state index in [9.17, 15) is 4.79 Å². The fourth-order valence-corrected chi connectivity index (χ4v) is 3.53. The van der Waals surface area contributed by atoms with E-state index in [4.69, 9.17) is 5.73 Å². The minimum absolute atomic E-state index is 0.00125. The van der Waals surface area contributed by atoms with Gasteiger partial charge in [0.15, 0.2) is 0 Å². The predicted octanol–water partition coefficient (Wildman–Crippen LogP) is 3.64. The summed E-state index contributed by atoms with van der Waals surface area (Å²) in [4.78, 5) is 20.6. The molecular weight excluding hydrogens is 332 g/mol. The number of anilines is 1. The number of nitrogens with zero attached hydrogens (tertiary/aromatic N) is 2. The zero-order valence-electron chi connectivity index (χ0n) is 13.8. The lowest BCUT2D eigenvalue weighted by atomic mass is 10.0. The van der Waals surface area contributed by atoms with Crippen LogP contribution in [0.15, 0.2) is 29.9 Å². The van der Waals surface area contributed by atoms with Crippen LogP contribution < -0.4 is 11.1 Å². The second-order valence-corrected chi connectivity index (χ2v) is 7.16. The molecule has 1 aromatic carbocycles. The van der Waals surface area contributed by atoms with Gasteiger partial charge in [-0.1, -0.05) is 18.2 Å². The fourth-order valence-electron chi connectivity index (χ4n) is 2.64. The topological polar surface area (TPSA) is 80.9 Å². The maximum absolute atomic E-state index is 12.2. The van der Waals surface area contributed by atoms with Crippen LogP contribution >= 0.6 is 11.3 Å². The molecule has 5 nitrogen and oxygen atoms in total. The summed E-state index contributed by atoms with van der Waals surface area (Å²) in [5, 5.41) is 5.04. The van der Waals surface area contributed by atoms with Crippen LogP contribution in [0.4, 0.5) is 5.82 Å². The van der Waals surface area contributed by atoms with Crippen LogP contribution in [0, 0.1) is 6.92 Å². The summed E-state index contributed by atoms with van der Waals surface area (Å²) in [5.74, 6) is 0.503. The monoisotopic (exact) mass is 350 g/mol. The minimum atomic E-state index is -0.00125. The number of rotatable bonds is 4. The highest BCUT2D eigenvalue weighted by Gasteiger charge is 2.23. The Morgan fingerprint density at radius 3 is 2.88 bits per heavy atom. The molecule has 0 unspecified atom stereocenters. The van der Waals surface area contributed by atoms with E-state index >= 15 is 0 Å². The van der Waals surface area contributed by atoms with E-state index in [1.165, 1.54) is 17.7 Å². The third kappa shape index (κ3) is 3.25. The van der Waals surface area contributed by atoms with Gasteiger partial charge in [0.2, 0.25) is 0 Å². The molecular formula is C19H18N4OS. The molecule has 3 aromatic rings. The van der Waals surface area contributed by atoms with E-state index in [1.807, 2.05) is 42.7 Å². The van der Waals surface area contributed by atoms with Crippen LogP contribution in [-0.2, 0) is 0 Å². The minimum Gasteiger partial charge on any atom is -0.382 e. The van der Waals surface area contributed by atoms with Gasteiger partial charge in [-0.3, -0.25) is 4.79 Å². The smallest absolute Gasteiger partial charge is 0.251 e. The molecule has 0 atom stereocenters. The first kappa shape index (κ1) is 15.8. The van der Waals surface area contributed by atoms with Crippen LogP contribution in [0.25, 0.3) is 22.4 Å². The van der Waals surface area contributed by atoms with Crippen molar-refractivity contribution < 1.29 is 4.79 Å². The molecule has 1 fully saturated rings. The normalized spacial score (nSPS) is 14.3. The summed E-state index contributed by atoms with van der Waals surface area (Å²) in [6, 6.07) is 6.14. The Hall–Kier alpha value is -2.73. The van der Waals surface area contributed by atoms with Gasteiger partial charge < -0.3 is 11.1 Å². The van der Waals surface area contributed by atoms with E-state index in [0.717, 1.165) is 39.7 Å². The average molecular weight is 350 g/mol. The van der Waals surface area contributed by atoms with Crippen molar-refractivity contribution in [3.8, 4) is 0 Å². The van der Waals surface area contributed by atoms with Crippen molar-refractivity contribution in [2.75, 3.05) is 5.73 Å². The van der Waals surface area contributed by atoms with Gasteiger partial charge >= 0.3 is 0 Å². The summed E-state index contributed by atoms with van der Waals surface area (Å²) < 4.78 is 0.899. The van der Waals surface area contributed by atoms with Gasteiger partial charge in [-0.15, -0.1) is 11.3 Å². The third-order valence-corrected chi connectivity index (χ3v) is 5.31. The number of aryl methyl sites for hydroxylation is 1. The summed E-state index contributed by atoms with van der Waals surface area (Å²) >= 11 is 1.54. The number of nitrogens with two attached hydrogens (primary N) is 1. The van der Waals surface area contributed by atoms with E-state index < -0.39 is 0 Å². The largest absolute Gasteiger partial charge is 0.382 e. The highest BCUT2D eigenvalue weighted by Crippen LogP contribution is 2.29. The van der Waals surface area contributed by atoms with Gasteiger partial charge in [-0.05, 0) is 43.0 Å². The van der Waals surface area contributed by atoms with Crippen molar-refractivity contribution in [2.45, 2.75) is 25.8 Å². The Morgan fingerprint density at radius 2 is 2.08 bits per heavy atom. The van der Waals surface area contributed by atoms with Crippen molar-refractivity contribution in [2.24, 2.45) is 0 Å². The molecule has 126 valence electrons. The van der Waals surface area contributed by atoms with Crippen LogP contribution in [-0.4, -0.2) is 21.9 Å². The number of aromatic nitrogens is 2. The van der Waals surface area contributed by atoms with Crippen LogP contribution in [0.2, 0.25) is 0 Å². The van der Waals surface area contributed by atoms with Crippen molar-refractivity contribution >= 4 is 45.4 Å². The van der Waals surface area contributed by atoms with Crippen LogP contribution in [0.1, 0.15) is 39.9 Å². The van der Waals surface area contributed by atoms with Crippen molar-refractivity contribution in [3.63, 3.8) is 0 Å². The second kappa shape index (κ2) is 6.29. The first-order chi connectivity index (χ1) is 12.1. The first-order valence-corrected chi connectivity index (χ1v) is 9.07. The maximum Gasteiger partial charge on any atom is 0.251 e. The maximum atomic E-state index is 12.2. The second-order valence-electron chi connectivity index (χ2n) is 6.28. The van der Waals surface area contributed by atoms with E-state index in [-0.39, 0.29) is 5.91 Å². The molecule has 2 aromatic heterocycles. The van der Waals surface area contributed by atoms with Gasteiger partial charge in [0.05, 0.1) is 10.2 Å². The molecule has 1 aliphatic rings. The van der Waals surface area contributed by atoms with Gasteiger partial charge in [0.1, 0.15) is 12.1 Å². The van der Waals surface area contributed by atoms with Gasteiger partial charge in [-0.25, -0.2) is 9.97 Å². The first-order valence-electron chi connectivity index (χ1n) is 8.19. The number of carbonyl (C=O) groups is 1. The molecule has 1 aliphatic carbocycles. The van der Waals surface area contributed by atoms with Crippen molar-refractivity contribution in [1.29, 1.82) is 0 Å². The Balaban J connectivity index is 1.63. The lowest BCUT2D eigenvalue weighted by Crippen LogP contribution is -2.25.